The molecule has 0 saturated heterocycles. The minimum atomic E-state index is 0.629. The first-order chi connectivity index (χ1) is 17.8. The summed E-state index contributed by atoms with van der Waals surface area (Å²) >= 11 is 0. The topological polar surface area (TPSA) is 44.2 Å². The Morgan fingerprint density at radius 2 is 1.28 bits per heavy atom. The van der Waals surface area contributed by atoms with Gasteiger partial charge in [0.2, 0.25) is 0 Å². The summed E-state index contributed by atoms with van der Waals surface area (Å²) in [6.45, 7) is 5.24. The van der Waals surface area contributed by atoms with Crippen molar-refractivity contribution in [2.45, 2.75) is 123 Å². The number of benzene rings is 1. The van der Waals surface area contributed by atoms with E-state index in [9.17, 15) is 0 Å². The van der Waals surface area contributed by atoms with E-state index in [0.717, 1.165) is 29.5 Å². The van der Waals surface area contributed by atoms with Crippen molar-refractivity contribution >= 4 is 0 Å². The Bertz CT molecular complexity index is 798. The number of nitrogens with zero attached hydrogens (tertiary/aromatic N) is 2. The zero-order valence-corrected chi connectivity index (χ0v) is 23.1. The molecule has 1 aromatic carbocycles. The molecule has 36 heavy (non-hydrogen) atoms. The number of rotatable bonds is 18. The average molecular weight is 495 g/mol. The quantitative estimate of drug-likeness (QED) is 0.118. The summed E-state index contributed by atoms with van der Waals surface area (Å²) < 4.78 is 0. The maximum Gasteiger partial charge on any atom is 0.165 e. The predicted molar refractivity (Wildman–Crippen MR) is 150 cm³/mol. The second-order valence-corrected chi connectivity index (χ2v) is 10.9. The van der Waals surface area contributed by atoms with Gasteiger partial charge in [0.15, 0.2) is 11.6 Å². The molecule has 1 saturated carbocycles. The van der Waals surface area contributed by atoms with Crippen LogP contribution in [-0.4, -0.2) is 16.6 Å². The van der Waals surface area contributed by atoms with Gasteiger partial charge in [-0.15, -0.1) is 0 Å². The first-order valence-electron chi connectivity index (χ1n) is 15.0. The molecule has 0 N–H and O–H groups in total. The maximum absolute atomic E-state index is 5.60. The zero-order valence-electron chi connectivity index (χ0n) is 23.1. The number of aryl methyl sites for hydroxylation is 1. The molecule has 0 radical (unpaired) electrons. The summed E-state index contributed by atoms with van der Waals surface area (Å²) in [6, 6.07) is 7.90. The lowest BCUT2D eigenvalue weighted by Gasteiger charge is -2.27. The van der Waals surface area contributed by atoms with Crippen molar-refractivity contribution in [2.75, 3.05) is 6.61 Å². The van der Waals surface area contributed by atoms with Crippen LogP contribution < -0.4 is 4.89 Å². The second kappa shape index (κ2) is 17.5. The van der Waals surface area contributed by atoms with Gasteiger partial charge in [-0.1, -0.05) is 97.3 Å². The summed E-state index contributed by atoms with van der Waals surface area (Å²) in [7, 11) is 0. The maximum atomic E-state index is 5.60. The van der Waals surface area contributed by atoms with Gasteiger partial charge in [-0.25, -0.2) is 9.97 Å². The molecule has 4 heteroatoms. The van der Waals surface area contributed by atoms with Gasteiger partial charge in [0.1, 0.15) is 0 Å². The van der Waals surface area contributed by atoms with Crippen LogP contribution >= 0.6 is 0 Å². The number of unbranched alkanes of at least 4 members (excludes halogenated alkanes) is 9. The van der Waals surface area contributed by atoms with E-state index in [-0.39, 0.29) is 0 Å². The Morgan fingerprint density at radius 1 is 0.694 bits per heavy atom. The average Bonchev–Trinajstić information content (AvgIpc) is 2.92. The van der Waals surface area contributed by atoms with Crippen molar-refractivity contribution in [3.05, 3.63) is 42.2 Å². The molecule has 4 nitrogen and oxygen atoms in total. The van der Waals surface area contributed by atoms with Gasteiger partial charge in [0.25, 0.3) is 0 Å². The van der Waals surface area contributed by atoms with Gasteiger partial charge in [-0.05, 0) is 67.3 Å². The molecule has 0 aliphatic heterocycles. The lowest BCUT2D eigenvalue weighted by atomic mass is 9.80. The largest absolute Gasteiger partial charge is 0.338 e. The van der Waals surface area contributed by atoms with E-state index in [1.54, 1.807) is 0 Å². The van der Waals surface area contributed by atoms with Crippen LogP contribution in [0.5, 0.6) is 5.75 Å². The third kappa shape index (κ3) is 11.0. The van der Waals surface area contributed by atoms with Gasteiger partial charge in [0, 0.05) is 18.0 Å². The van der Waals surface area contributed by atoms with Crippen molar-refractivity contribution in [1.82, 2.24) is 9.97 Å². The second-order valence-electron chi connectivity index (χ2n) is 10.9. The molecule has 1 heterocycles. The minimum Gasteiger partial charge on any atom is -0.338 e. The van der Waals surface area contributed by atoms with Crippen LogP contribution in [0.4, 0.5) is 0 Å². The van der Waals surface area contributed by atoms with Crippen LogP contribution in [0.1, 0.15) is 122 Å². The molecule has 1 aliphatic carbocycles. The Balaban J connectivity index is 1.29. The fourth-order valence-corrected chi connectivity index (χ4v) is 5.32. The molecular formula is C32H50N2O2. The highest BCUT2D eigenvalue weighted by Crippen LogP contribution is 2.32. The lowest BCUT2D eigenvalue weighted by molar-refractivity contribution is -0.218. The number of aromatic nitrogens is 2. The van der Waals surface area contributed by atoms with Crippen LogP contribution in [0.25, 0.3) is 11.4 Å². The fraction of sp³-hybridized carbons (Fsp3) is 0.688. The normalized spacial score (nSPS) is 17.8. The molecule has 0 amide bonds. The zero-order chi connectivity index (χ0) is 25.3. The molecular weight excluding hydrogens is 444 g/mol. The minimum absolute atomic E-state index is 0.629. The lowest BCUT2D eigenvalue weighted by Crippen LogP contribution is -2.19. The Hall–Kier alpha value is -1.94. The van der Waals surface area contributed by atoms with Gasteiger partial charge in [-0.3, -0.25) is 0 Å². The molecule has 1 fully saturated rings. The van der Waals surface area contributed by atoms with Crippen LogP contribution in [-0.2, 0) is 11.3 Å². The van der Waals surface area contributed by atoms with E-state index in [0.29, 0.717) is 12.5 Å². The van der Waals surface area contributed by atoms with Crippen molar-refractivity contribution < 1.29 is 9.78 Å². The van der Waals surface area contributed by atoms with Crippen molar-refractivity contribution in [3.63, 3.8) is 0 Å². The molecule has 3 rings (SSSR count). The van der Waals surface area contributed by atoms with Crippen molar-refractivity contribution in [3.8, 4) is 17.1 Å². The number of hydrogen-bond donors (Lipinski definition) is 0. The van der Waals surface area contributed by atoms with Gasteiger partial charge >= 0.3 is 0 Å². The van der Waals surface area contributed by atoms with Crippen LogP contribution in [0.15, 0.2) is 36.7 Å². The van der Waals surface area contributed by atoms with Crippen LogP contribution in [0, 0.1) is 11.8 Å². The molecule has 0 unspecified atom stereocenters. The van der Waals surface area contributed by atoms with E-state index < -0.39 is 0 Å². The van der Waals surface area contributed by atoms with Crippen molar-refractivity contribution in [2.24, 2.45) is 11.8 Å². The summed E-state index contributed by atoms with van der Waals surface area (Å²) in [6.07, 6.45) is 26.5. The summed E-state index contributed by atoms with van der Waals surface area (Å²) in [5.41, 5.74) is 2.23. The SMILES string of the molecule is CCCCCCCCCCc1cnc(-c2ccc(OOCC3CCC(CCCCC)CC3)cc2)nc1. The van der Waals surface area contributed by atoms with E-state index in [1.807, 2.05) is 36.7 Å². The highest BCUT2D eigenvalue weighted by Gasteiger charge is 2.21. The molecule has 0 bridgehead atoms. The fourth-order valence-electron chi connectivity index (χ4n) is 5.32. The smallest absolute Gasteiger partial charge is 0.165 e. The monoisotopic (exact) mass is 494 g/mol. The third-order valence-corrected chi connectivity index (χ3v) is 7.78. The van der Waals surface area contributed by atoms with E-state index in [4.69, 9.17) is 9.78 Å². The molecule has 0 spiro atoms. The van der Waals surface area contributed by atoms with E-state index in [2.05, 4.69) is 23.8 Å². The van der Waals surface area contributed by atoms with Crippen LogP contribution in [0.2, 0.25) is 0 Å². The Kier molecular flexibility index (Phi) is 13.9. The number of hydrogen-bond acceptors (Lipinski definition) is 4. The molecule has 0 atom stereocenters. The summed E-state index contributed by atoms with van der Waals surface area (Å²) in [5, 5.41) is 0. The van der Waals surface area contributed by atoms with Gasteiger partial charge in [0.05, 0.1) is 6.61 Å². The standard InChI is InChI=1S/C32H50N2O2/c1-3-5-7-8-9-10-11-13-15-29-24-33-32(34-25-29)30-20-22-31(23-21-30)36-35-26-28-18-16-27(17-19-28)14-12-6-4-2/h20-25,27-28H,3-19,26H2,1-2H3. The first kappa shape index (κ1) is 28.6. The molecule has 200 valence electrons. The summed E-state index contributed by atoms with van der Waals surface area (Å²) in [5.74, 6) is 3.06. The first-order valence-corrected chi connectivity index (χ1v) is 15.0. The molecule has 2 aromatic rings. The van der Waals surface area contributed by atoms with Crippen molar-refractivity contribution in [1.29, 1.82) is 0 Å². The van der Waals surface area contributed by atoms with E-state index in [1.165, 1.54) is 108 Å². The van der Waals surface area contributed by atoms with Gasteiger partial charge < -0.3 is 4.89 Å². The Morgan fingerprint density at radius 3 is 1.94 bits per heavy atom. The summed E-state index contributed by atoms with van der Waals surface area (Å²) in [4.78, 5) is 20.4. The highest BCUT2D eigenvalue weighted by molar-refractivity contribution is 5.55. The molecule has 1 aromatic heterocycles. The van der Waals surface area contributed by atoms with Gasteiger partial charge in [-0.2, -0.15) is 4.89 Å². The predicted octanol–water partition coefficient (Wildman–Crippen LogP) is 9.52. The molecule has 1 aliphatic rings. The Labute approximate surface area is 220 Å². The van der Waals surface area contributed by atoms with Crippen LogP contribution in [0.3, 0.4) is 0 Å². The third-order valence-electron chi connectivity index (χ3n) is 7.78. The van der Waals surface area contributed by atoms with E-state index >= 15 is 0 Å². The highest BCUT2D eigenvalue weighted by atomic mass is 17.2.